The number of rotatable bonds is 5. The molecule has 0 spiro atoms. The molecule has 0 aromatic heterocycles. The van der Waals surface area contributed by atoms with Gasteiger partial charge in [0, 0.05) is 18.5 Å². The lowest BCUT2D eigenvalue weighted by atomic mass is 9.90. The fourth-order valence-corrected chi connectivity index (χ4v) is 2.61. The summed E-state index contributed by atoms with van der Waals surface area (Å²) in [6.07, 6.45) is 0.217. The van der Waals surface area contributed by atoms with Gasteiger partial charge in [0.2, 0.25) is 0 Å². The van der Waals surface area contributed by atoms with Crippen LogP contribution in [0.1, 0.15) is 32.4 Å². The molecule has 0 amide bonds. The largest absolute Gasteiger partial charge is 0.491 e. The van der Waals surface area contributed by atoms with E-state index in [1.165, 1.54) is 5.56 Å². The number of hydrogen-bond acceptors (Lipinski definition) is 4. The molecule has 106 valence electrons. The van der Waals surface area contributed by atoms with Crippen LogP contribution < -0.4 is 20.9 Å². The molecule has 1 fully saturated rings. The molecule has 1 aromatic rings. The first-order valence-corrected chi connectivity index (χ1v) is 7.04. The van der Waals surface area contributed by atoms with E-state index in [4.69, 9.17) is 4.74 Å². The van der Waals surface area contributed by atoms with Crippen molar-refractivity contribution in [3.63, 3.8) is 0 Å². The second-order valence-corrected chi connectivity index (χ2v) is 5.51. The van der Waals surface area contributed by atoms with Crippen molar-refractivity contribution in [2.45, 2.75) is 39.0 Å². The summed E-state index contributed by atoms with van der Waals surface area (Å²) in [4.78, 5) is 0. The molecule has 3 atom stereocenters. The molecule has 3 unspecified atom stereocenters. The van der Waals surface area contributed by atoms with E-state index in [1.807, 2.05) is 20.9 Å². The lowest BCUT2D eigenvalue weighted by molar-refractivity contribution is 0.242. The smallest absolute Gasteiger partial charge is 0.119 e. The third-order valence-electron chi connectivity index (χ3n) is 3.59. The summed E-state index contributed by atoms with van der Waals surface area (Å²) in [7, 11) is 2.00. The maximum Gasteiger partial charge on any atom is 0.119 e. The van der Waals surface area contributed by atoms with Gasteiger partial charge in [-0.15, -0.1) is 0 Å². The molecular formula is C15H25N3O. The second kappa shape index (κ2) is 6.37. The van der Waals surface area contributed by atoms with Crippen molar-refractivity contribution >= 4 is 0 Å². The minimum Gasteiger partial charge on any atom is -0.491 e. The number of benzene rings is 1. The van der Waals surface area contributed by atoms with Crippen molar-refractivity contribution in [1.82, 2.24) is 16.2 Å². The SMILES string of the molecule is CNCC1C(C)NNC1c1ccc(OC(C)C)cc1. The van der Waals surface area contributed by atoms with Gasteiger partial charge in [0.1, 0.15) is 5.75 Å². The van der Waals surface area contributed by atoms with E-state index in [0.717, 1.165) is 12.3 Å². The predicted octanol–water partition coefficient (Wildman–Crippen LogP) is 1.85. The zero-order valence-corrected chi connectivity index (χ0v) is 12.2. The Bertz CT molecular complexity index is 391. The Morgan fingerprint density at radius 2 is 1.89 bits per heavy atom. The molecule has 4 heteroatoms. The zero-order chi connectivity index (χ0) is 13.8. The van der Waals surface area contributed by atoms with Gasteiger partial charge in [0.05, 0.1) is 12.1 Å². The Morgan fingerprint density at radius 1 is 1.21 bits per heavy atom. The van der Waals surface area contributed by atoms with Crippen LogP contribution in [0.4, 0.5) is 0 Å². The average Bonchev–Trinajstić information content (AvgIpc) is 2.72. The first-order valence-electron chi connectivity index (χ1n) is 7.04. The van der Waals surface area contributed by atoms with E-state index < -0.39 is 0 Å². The number of nitrogens with one attached hydrogen (secondary N) is 3. The topological polar surface area (TPSA) is 45.3 Å². The lowest BCUT2D eigenvalue weighted by Gasteiger charge is -2.21. The van der Waals surface area contributed by atoms with Gasteiger partial charge in [-0.2, -0.15) is 0 Å². The minimum atomic E-state index is 0.217. The molecule has 3 N–H and O–H groups in total. The van der Waals surface area contributed by atoms with Gasteiger partial charge in [-0.05, 0) is 45.5 Å². The van der Waals surface area contributed by atoms with Gasteiger partial charge >= 0.3 is 0 Å². The van der Waals surface area contributed by atoms with Gasteiger partial charge in [0.25, 0.3) is 0 Å². The molecule has 1 aliphatic rings. The van der Waals surface area contributed by atoms with Crippen LogP contribution in [-0.2, 0) is 0 Å². The van der Waals surface area contributed by atoms with Gasteiger partial charge in [-0.3, -0.25) is 5.43 Å². The van der Waals surface area contributed by atoms with Crippen LogP contribution in [0.3, 0.4) is 0 Å². The number of ether oxygens (including phenoxy) is 1. The Morgan fingerprint density at radius 3 is 2.47 bits per heavy atom. The summed E-state index contributed by atoms with van der Waals surface area (Å²) in [5.74, 6) is 1.48. The molecule has 1 heterocycles. The highest BCUT2D eigenvalue weighted by atomic mass is 16.5. The van der Waals surface area contributed by atoms with Crippen LogP contribution >= 0.6 is 0 Å². The van der Waals surface area contributed by atoms with Gasteiger partial charge < -0.3 is 10.1 Å². The van der Waals surface area contributed by atoms with Crippen LogP contribution in [0.15, 0.2) is 24.3 Å². The molecule has 2 rings (SSSR count). The summed E-state index contributed by atoms with van der Waals surface area (Å²) in [6, 6.07) is 9.21. The second-order valence-electron chi connectivity index (χ2n) is 5.51. The van der Waals surface area contributed by atoms with Crippen molar-refractivity contribution in [2.24, 2.45) is 5.92 Å². The molecule has 0 radical (unpaired) electrons. The zero-order valence-electron chi connectivity index (χ0n) is 12.2. The van der Waals surface area contributed by atoms with E-state index in [9.17, 15) is 0 Å². The molecule has 0 saturated carbocycles. The van der Waals surface area contributed by atoms with Crippen molar-refractivity contribution in [3.8, 4) is 5.75 Å². The molecule has 19 heavy (non-hydrogen) atoms. The van der Waals surface area contributed by atoms with Gasteiger partial charge in [-0.1, -0.05) is 12.1 Å². The molecular weight excluding hydrogens is 238 g/mol. The molecule has 1 aromatic carbocycles. The summed E-state index contributed by atoms with van der Waals surface area (Å²) in [6.45, 7) is 7.29. The van der Waals surface area contributed by atoms with Crippen molar-refractivity contribution < 1.29 is 4.74 Å². The quantitative estimate of drug-likeness (QED) is 0.758. The van der Waals surface area contributed by atoms with Crippen molar-refractivity contribution in [1.29, 1.82) is 0 Å². The molecule has 0 bridgehead atoms. The van der Waals surface area contributed by atoms with Gasteiger partial charge in [-0.25, -0.2) is 5.43 Å². The molecule has 1 aliphatic heterocycles. The third kappa shape index (κ3) is 3.47. The predicted molar refractivity (Wildman–Crippen MR) is 78.1 cm³/mol. The molecule has 4 nitrogen and oxygen atoms in total. The van der Waals surface area contributed by atoms with Crippen LogP contribution in [0.2, 0.25) is 0 Å². The van der Waals surface area contributed by atoms with E-state index in [1.54, 1.807) is 0 Å². The van der Waals surface area contributed by atoms with Crippen LogP contribution in [0, 0.1) is 5.92 Å². The average molecular weight is 263 g/mol. The van der Waals surface area contributed by atoms with E-state index >= 15 is 0 Å². The fraction of sp³-hybridized carbons (Fsp3) is 0.600. The maximum atomic E-state index is 5.68. The first kappa shape index (κ1) is 14.3. The summed E-state index contributed by atoms with van der Waals surface area (Å²) < 4.78 is 5.68. The Hall–Kier alpha value is -1.10. The highest BCUT2D eigenvalue weighted by molar-refractivity contribution is 5.30. The number of hydrazine groups is 1. The standard InChI is InChI=1S/C15H25N3O/c1-10(2)19-13-7-5-12(6-8-13)15-14(9-16-4)11(3)17-18-15/h5-8,10-11,14-18H,9H2,1-4H3. The van der Waals surface area contributed by atoms with Crippen LogP contribution in [-0.4, -0.2) is 25.7 Å². The van der Waals surface area contributed by atoms with E-state index in [0.29, 0.717) is 18.0 Å². The summed E-state index contributed by atoms with van der Waals surface area (Å²) >= 11 is 0. The molecule has 1 saturated heterocycles. The number of hydrogen-bond donors (Lipinski definition) is 3. The Labute approximate surface area is 115 Å². The monoisotopic (exact) mass is 263 g/mol. The lowest BCUT2D eigenvalue weighted by Crippen LogP contribution is -2.31. The highest BCUT2D eigenvalue weighted by Gasteiger charge is 2.33. The molecule has 0 aliphatic carbocycles. The first-order chi connectivity index (χ1) is 9.11. The summed E-state index contributed by atoms with van der Waals surface area (Å²) in [5, 5.41) is 3.27. The van der Waals surface area contributed by atoms with Crippen molar-refractivity contribution in [2.75, 3.05) is 13.6 Å². The fourth-order valence-electron chi connectivity index (χ4n) is 2.61. The summed E-state index contributed by atoms with van der Waals surface area (Å²) in [5.41, 5.74) is 8.01. The Kier molecular flexibility index (Phi) is 4.80. The van der Waals surface area contributed by atoms with Crippen LogP contribution in [0.25, 0.3) is 0 Å². The van der Waals surface area contributed by atoms with E-state index in [2.05, 4.69) is 47.4 Å². The Balaban J connectivity index is 2.08. The van der Waals surface area contributed by atoms with Gasteiger partial charge in [0.15, 0.2) is 0 Å². The third-order valence-corrected chi connectivity index (χ3v) is 3.59. The van der Waals surface area contributed by atoms with E-state index in [-0.39, 0.29) is 6.10 Å². The van der Waals surface area contributed by atoms with Crippen molar-refractivity contribution in [3.05, 3.63) is 29.8 Å². The normalized spacial score (nSPS) is 26.9. The van der Waals surface area contributed by atoms with Crippen LogP contribution in [0.5, 0.6) is 5.75 Å². The minimum absolute atomic E-state index is 0.217. The maximum absolute atomic E-state index is 5.68. The highest BCUT2D eigenvalue weighted by Crippen LogP contribution is 2.29.